The summed E-state index contributed by atoms with van der Waals surface area (Å²) in [6.07, 6.45) is 4.30. The molecule has 0 N–H and O–H groups in total. The predicted octanol–water partition coefficient (Wildman–Crippen LogP) is 3.25. The van der Waals surface area contributed by atoms with E-state index in [1.165, 1.54) is 12.3 Å². The molecule has 26 heavy (non-hydrogen) atoms. The zero-order valence-electron chi connectivity index (χ0n) is 14.5. The van der Waals surface area contributed by atoms with Crippen molar-refractivity contribution in [2.24, 2.45) is 5.92 Å². The van der Waals surface area contributed by atoms with E-state index in [-0.39, 0.29) is 23.5 Å². The summed E-state index contributed by atoms with van der Waals surface area (Å²) < 4.78 is 19.5. The fraction of sp³-hybridized carbons (Fsp3) is 0.400. The van der Waals surface area contributed by atoms with Gasteiger partial charge in [-0.3, -0.25) is 9.59 Å². The quantitative estimate of drug-likeness (QED) is 0.830. The lowest BCUT2D eigenvalue weighted by atomic mass is 9.93. The van der Waals surface area contributed by atoms with Crippen molar-refractivity contribution in [1.82, 2.24) is 4.90 Å². The van der Waals surface area contributed by atoms with E-state index in [4.69, 9.17) is 4.42 Å². The van der Waals surface area contributed by atoms with Crippen LogP contribution in [0.3, 0.4) is 0 Å². The Morgan fingerprint density at radius 2 is 1.88 bits per heavy atom. The lowest BCUT2D eigenvalue weighted by Gasteiger charge is -2.36. The number of carbonyl (C=O) groups is 2. The molecule has 5 nitrogen and oxygen atoms in total. The number of hydrogen-bond donors (Lipinski definition) is 0. The smallest absolute Gasteiger partial charge is 0.289 e. The van der Waals surface area contributed by atoms with Crippen molar-refractivity contribution in [1.29, 1.82) is 0 Å². The number of rotatable bonds is 2. The summed E-state index contributed by atoms with van der Waals surface area (Å²) >= 11 is 0. The van der Waals surface area contributed by atoms with Gasteiger partial charge in [0, 0.05) is 25.6 Å². The van der Waals surface area contributed by atoms with Crippen LogP contribution in [0.5, 0.6) is 0 Å². The van der Waals surface area contributed by atoms with Gasteiger partial charge in [-0.2, -0.15) is 0 Å². The Balaban J connectivity index is 1.44. The molecule has 1 aromatic carbocycles. The van der Waals surface area contributed by atoms with Crippen molar-refractivity contribution in [2.75, 3.05) is 24.5 Å². The number of aryl methyl sites for hydroxylation is 1. The molecule has 1 saturated heterocycles. The molecule has 136 valence electrons. The maximum absolute atomic E-state index is 14.3. The Kier molecular flexibility index (Phi) is 4.49. The average Bonchev–Trinajstić information content (AvgIpc) is 3.21. The topological polar surface area (TPSA) is 53.8 Å². The fourth-order valence-electron chi connectivity index (χ4n) is 3.93. The van der Waals surface area contributed by atoms with Crippen LogP contribution >= 0.6 is 0 Å². The third kappa shape index (κ3) is 3.00. The molecule has 6 heteroatoms. The molecule has 0 spiro atoms. The van der Waals surface area contributed by atoms with E-state index in [0.717, 1.165) is 18.4 Å². The summed E-state index contributed by atoms with van der Waals surface area (Å²) in [6.45, 7) is 1.57. The second kappa shape index (κ2) is 6.94. The standard InChI is InChI=1S/C20H21FN2O3/c21-16-6-1-4-14-5-2-10-23(18(14)16)19(24)15-8-11-22(12-9-15)20(25)17-7-3-13-26-17/h1,3-4,6-7,13,15H,2,5,8-12H2. The molecule has 0 saturated carbocycles. The number of carbonyl (C=O) groups excluding carboxylic acids is 2. The third-order valence-corrected chi connectivity index (χ3v) is 5.30. The van der Waals surface area contributed by atoms with Crippen molar-refractivity contribution in [3.05, 3.63) is 53.7 Å². The molecular weight excluding hydrogens is 335 g/mol. The zero-order valence-corrected chi connectivity index (χ0v) is 14.5. The summed E-state index contributed by atoms with van der Waals surface area (Å²) in [6, 6.07) is 8.33. The molecule has 1 fully saturated rings. The largest absolute Gasteiger partial charge is 0.459 e. The number of furan rings is 1. The van der Waals surface area contributed by atoms with Gasteiger partial charge < -0.3 is 14.2 Å². The summed E-state index contributed by atoms with van der Waals surface area (Å²) in [7, 11) is 0. The molecule has 3 heterocycles. The second-order valence-electron chi connectivity index (χ2n) is 6.88. The molecule has 2 aliphatic heterocycles. The van der Waals surface area contributed by atoms with Gasteiger partial charge in [-0.05, 0) is 49.4 Å². The van der Waals surface area contributed by atoms with Crippen LogP contribution in [0.15, 0.2) is 41.0 Å². The molecule has 0 unspecified atom stereocenters. The molecule has 0 atom stereocenters. The highest BCUT2D eigenvalue weighted by atomic mass is 19.1. The van der Waals surface area contributed by atoms with Gasteiger partial charge in [0.15, 0.2) is 5.76 Å². The summed E-state index contributed by atoms with van der Waals surface area (Å²) in [5.41, 5.74) is 1.34. The van der Waals surface area contributed by atoms with Crippen LogP contribution in [0.1, 0.15) is 35.4 Å². The second-order valence-corrected chi connectivity index (χ2v) is 6.88. The summed E-state index contributed by atoms with van der Waals surface area (Å²) in [4.78, 5) is 28.7. The van der Waals surface area contributed by atoms with Gasteiger partial charge in [-0.15, -0.1) is 0 Å². The van der Waals surface area contributed by atoms with Gasteiger partial charge in [0.2, 0.25) is 5.91 Å². The number of amides is 2. The lowest BCUT2D eigenvalue weighted by Crippen LogP contribution is -2.46. The van der Waals surface area contributed by atoms with Gasteiger partial charge in [0.05, 0.1) is 12.0 Å². The molecule has 1 aromatic heterocycles. The van der Waals surface area contributed by atoms with Crippen molar-refractivity contribution < 1.29 is 18.4 Å². The Hall–Kier alpha value is -2.63. The van der Waals surface area contributed by atoms with E-state index in [9.17, 15) is 14.0 Å². The minimum Gasteiger partial charge on any atom is -0.459 e. The number of halogens is 1. The highest BCUT2D eigenvalue weighted by Crippen LogP contribution is 2.32. The van der Waals surface area contributed by atoms with E-state index >= 15 is 0 Å². The van der Waals surface area contributed by atoms with Crippen LogP contribution in [0, 0.1) is 11.7 Å². The van der Waals surface area contributed by atoms with E-state index in [1.54, 1.807) is 28.0 Å². The lowest BCUT2D eigenvalue weighted by molar-refractivity contribution is -0.123. The van der Waals surface area contributed by atoms with Crippen LogP contribution in [-0.4, -0.2) is 36.3 Å². The predicted molar refractivity (Wildman–Crippen MR) is 94.4 cm³/mol. The fourth-order valence-corrected chi connectivity index (χ4v) is 3.93. The molecule has 2 aliphatic rings. The monoisotopic (exact) mass is 356 g/mol. The van der Waals surface area contributed by atoms with Gasteiger partial charge in [0.1, 0.15) is 5.82 Å². The molecule has 2 amide bonds. The molecule has 4 rings (SSSR count). The van der Waals surface area contributed by atoms with E-state index in [2.05, 4.69) is 0 Å². The number of hydrogen-bond acceptors (Lipinski definition) is 3. The van der Waals surface area contributed by atoms with E-state index in [1.807, 2.05) is 6.07 Å². The first-order valence-corrected chi connectivity index (χ1v) is 9.06. The molecule has 2 aromatic rings. The number of fused-ring (bicyclic) bond motifs is 1. The van der Waals surface area contributed by atoms with Crippen molar-refractivity contribution >= 4 is 17.5 Å². The highest BCUT2D eigenvalue weighted by Gasteiger charge is 2.34. The minimum absolute atomic E-state index is 0.0267. The Morgan fingerprint density at radius 1 is 1.08 bits per heavy atom. The SMILES string of the molecule is O=C(c1ccco1)N1CCC(C(=O)N2CCCc3cccc(F)c32)CC1. The first-order chi connectivity index (χ1) is 12.6. The van der Waals surface area contributed by atoms with E-state index in [0.29, 0.717) is 43.9 Å². The number of piperidine rings is 1. The van der Waals surface area contributed by atoms with Crippen molar-refractivity contribution in [3.8, 4) is 0 Å². The number of nitrogens with zero attached hydrogens (tertiary/aromatic N) is 2. The van der Waals surface area contributed by atoms with Gasteiger partial charge >= 0.3 is 0 Å². The highest BCUT2D eigenvalue weighted by molar-refractivity contribution is 5.97. The minimum atomic E-state index is -0.332. The molecule has 0 bridgehead atoms. The van der Waals surface area contributed by atoms with Crippen LogP contribution < -0.4 is 4.90 Å². The third-order valence-electron chi connectivity index (χ3n) is 5.30. The summed E-state index contributed by atoms with van der Waals surface area (Å²) in [5.74, 6) is -0.361. The Bertz CT molecular complexity index is 810. The number of benzene rings is 1. The van der Waals surface area contributed by atoms with Crippen LogP contribution in [0.2, 0.25) is 0 Å². The normalized spacial score (nSPS) is 17.9. The van der Waals surface area contributed by atoms with Crippen molar-refractivity contribution in [3.63, 3.8) is 0 Å². The maximum atomic E-state index is 14.3. The van der Waals surface area contributed by atoms with Gasteiger partial charge in [-0.1, -0.05) is 12.1 Å². The Morgan fingerprint density at radius 3 is 2.62 bits per heavy atom. The number of anilines is 1. The van der Waals surface area contributed by atoms with Gasteiger partial charge in [-0.25, -0.2) is 4.39 Å². The molecule has 0 aliphatic carbocycles. The number of para-hydroxylation sites is 1. The number of likely N-dealkylation sites (tertiary alicyclic amines) is 1. The maximum Gasteiger partial charge on any atom is 0.289 e. The van der Waals surface area contributed by atoms with Crippen LogP contribution in [-0.2, 0) is 11.2 Å². The average molecular weight is 356 g/mol. The summed E-state index contributed by atoms with van der Waals surface area (Å²) in [5, 5.41) is 0. The van der Waals surface area contributed by atoms with E-state index < -0.39 is 0 Å². The van der Waals surface area contributed by atoms with Crippen LogP contribution in [0.4, 0.5) is 10.1 Å². The van der Waals surface area contributed by atoms with Crippen molar-refractivity contribution in [2.45, 2.75) is 25.7 Å². The molecule has 0 radical (unpaired) electrons. The first-order valence-electron chi connectivity index (χ1n) is 9.06. The van der Waals surface area contributed by atoms with Gasteiger partial charge in [0.25, 0.3) is 5.91 Å². The van der Waals surface area contributed by atoms with Crippen LogP contribution in [0.25, 0.3) is 0 Å². The zero-order chi connectivity index (χ0) is 18.1. The molecular formula is C20H21FN2O3. The first kappa shape index (κ1) is 16.8. The Labute approximate surface area is 151 Å².